The normalized spacial score (nSPS) is 12.3. The van der Waals surface area contributed by atoms with Crippen molar-refractivity contribution in [2.75, 3.05) is 11.8 Å². The van der Waals surface area contributed by atoms with Crippen molar-refractivity contribution in [2.45, 2.75) is 11.1 Å². The number of alkyl halides is 3. The summed E-state index contributed by atoms with van der Waals surface area (Å²) in [5.41, 5.74) is 0.205. The summed E-state index contributed by atoms with van der Waals surface area (Å²) in [7, 11) is -2.70. The highest BCUT2D eigenvalue weighted by atomic mass is 79.9. The van der Waals surface area contributed by atoms with E-state index in [-0.39, 0.29) is 27.4 Å². The molecule has 0 bridgehead atoms. The molecule has 138 valence electrons. The fourth-order valence-corrected chi connectivity index (χ4v) is 4.04. The first-order valence-corrected chi connectivity index (χ1v) is 9.31. The number of ether oxygens (including phenoxy) is 1. The maximum Gasteiger partial charge on any atom is 0.449 e. The summed E-state index contributed by atoms with van der Waals surface area (Å²) in [5, 5.41) is 0. The lowest BCUT2D eigenvalue weighted by molar-refractivity contribution is -0.144. The number of hydrogen-bond acceptors (Lipinski definition) is 4. The lowest BCUT2D eigenvalue weighted by Gasteiger charge is -2.12. The predicted octanol–water partition coefficient (Wildman–Crippen LogP) is 4.15. The number of methoxy groups -OCH3 is 1. The molecule has 6 nitrogen and oxygen atoms in total. The monoisotopic (exact) mass is 449 g/mol. The number of benzene rings is 2. The minimum absolute atomic E-state index is 0.0544. The maximum absolute atomic E-state index is 12.7. The van der Waals surface area contributed by atoms with Crippen LogP contribution in [-0.2, 0) is 16.2 Å². The third kappa shape index (κ3) is 3.63. The van der Waals surface area contributed by atoms with E-state index >= 15 is 0 Å². The maximum atomic E-state index is 12.7. The SMILES string of the molecule is COc1ccc(Br)cc1S(=O)(=O)Nc1ccc2nc(C(F)(F)F)[nH]c2c1. The van der Waals surface area contributed by atoms with Crippen LogP contribution in [0.15, 0.2) is 45.8 Å². The van der Waals surface area contributed by atoms with Crippen LogP contribution < -0.4 is 9.46 Å². The van der Waals surface area contributed by atoms with E-state index in [9.17, 15) is 21.6 Å². The number of imidazole rings is 1. The van der Waals surface area contributed by atoms with Crippen molar-refractivity contribution in [1.82, 2.24) is 9.97 Å². The molecule has 2 N–H and O–H groups in total. The van der Waals surface area contributed by atoms with E-state index in [2.05, 4.69) is 30.6 Å². The van der Waals surface area contributed by atoms with Gasteiger partial charge in [-0.25, -0.2) is 13.4 Å². The number of anilines is 1. The number of fused-ring (bicyclic) bond motifs is 1. The van der Waals surface area contributed by atoms with Crippen LogP contribution in [0.3, 0.4) is 0 Å². The Labute approximate surface area is 154 Å². The van der Waals surface area contributed by atoms with Gasteiger partial charge in [-0.1, -0.05) is 15.9 Å². The van der Waals surface area contributed by atoms with Crippen LogP contribution in [-0.4, -0.2) is 25.5 Å². The van der Waals surface area contributed by atoms with Gasteiger partial charge in [-0.2, -0.15) is 13.2 Å². The predicted molar refractivity (Wildman–Crippen MR) is 92.6 cm³/mol. The second kappa shape index (κ2) is 6.47. The number of aromatic nitrogens is 2. The molecular formula is C15H11BrF3N3O3S. The van der Waals surface area contributed by atoms with E-state index in [0.717, 1.165) is 0 Å². The van der Waals surface area contributed by atoms with Crippen molar-refractivity contribution in [3.63, 3.8) is 0 Å². The molecule has 11 heteroatoms. The van der Waals surface area contributed by atoms with Crippen LogP contribution in [0.1, 0.15) is 5.82 Å². The van der Waals surface area contributed by atoms with Crippen LogP contribution in [0, 0.1) is 0 Å². The summed E-state index contributed by atoms with van der Waals surface area (Å²) < 4.78 is 71.3. The first kappa shape index (κ1) is 18.5. The van der Waals surface area contributed by atoms with Gasteiger partial charge in [0.25, 0.3) is 10.0 Å². The highest BCUT2D eigenvalue weighted by Gasteiger charge is 2.34. The summed E-state index contributed by atoms with van der Waals surface area (Å²) in [6.45, 7) is 0. The van der Waals surface area contributed by atoms with Gasteiger partial charge in [0.15, 0.2) is 0 Å². The molecule has 0 fully saturated rings. The van der Waals surface area contributed by atoms with Gasteiger partial charge in [-0.15, -0.1) is 0 Å². The Morgan fingerprint density at radius 2 is 1.92 bits per heavy atom. The molecule has 3 aromatic rings. The zero-order valence-electron chi connectivity index (χ0n) is 13.1. The molecule has 1 heterocycles. The van der Waals surface area contributed by atoms with Gasteiger partial charge in [0.2, 0.25) is 5.82 Å². The highest BCUT2D eigenvalue weighted by Crippen LogP contribution is 2.31. The first-order valence-electron chi connectivity index (χ1n) is 7.03. The number of hydrogen-bond donors (Lipinski definition) is 2. The van der Waals surface area contributed by atoms with Crippen molar-refractivity contribution < 1.29 is 26.3 Å². The third-order valence-electron chi connectivity index (χ3n) is 3.42. The Morgan fingerprint density at radius 3 is 2.58 bits per heavy atom. The number of nitrogens with one attached hydrogen (secondary N) is 2. The second-order valence-corrected chi connectivity index (χ2v) is 7.78. The van der Waals surface area contributed by atoms with E-state index in [1.807, 2.05) is 0 Å². The lowest BCUT2D eigenvalue weighted by Crippen LogP contribution is -2.14. The van der Waals surface area contributed by atoms with Gasteiger partial charge in [0, 0.05) is 4.47 Å². The van der Waals surface area contributed by atoms with E-state index in [0.29, 0.717) is 4.47 Å². The Hall–Kier alpha value is -2.27. The molecule has 0 spiro atoms. The van der Waals surface area contributed by atoms with Gasteiger partial charge >= 0.3 is 6.18 Å². The number of nitrogens with zero attached hydrogens (tertiary/aromatic N) is 1. The summed E-state index contributed by atoms with van der Waals surface area (Å²) in [4.78, 5) is 5.45. The summed E-state index contributed by atoms with van der Waals surface area (Å²) >= 11 is 3.19. The van der Waals surface area contributed by atoms with Crippen LogP contribution in [0.2, 0.25) is 0 Å². The van der Waals surface area contributed by atoms with Crippen molar-refractivity contribution in [2.24, 2.45) is 0 Å². The van der Waals surface area contributed by atoms with E-state index in [1.165, 1.54) is 37.4 Å². The van der Waals surface area contributed by atoms with Crippen molar-refractivity contribution >= 4 is 42.7 Å². The number of sulfonamides is 1. The van der Waals surface area contributed by atoms with Crippen molar-refractivity contribution in [1.29, 1.82) is 0 Å². The van der Waals surface area contributed by atoms with Crippen molar-refractivity contribution in [3.8, 4) is 5.75 Å². The number of rotatable bonds is 4. The van der Waals surface area contributed by atoms with Crippen molar-refractivity contribution in [3.05, 3.63) is 46.7 Å². The number of H-pyrrole nitrogens is 1. The third-order valence-corrected chi connectivity index (χ3v) is 5.31. The van der Waals surface area contributed by atoms with Gasteiger partial charge in [0.1, 0.15) is 10.6 Å². The standard InChI is InChI=1S/C15H11BrF3N3O3S/c1-25-12-5-2-8(16)6-13(12)26(23,24)22-9-3-4-10-11(7-9)21-14(20-10)15(17,18)19/h2-7,22H,1H3,(H,20,21). The minimum atomic E-state index is -4.62. The molecule has 0 unspecified atom stereocenters. The molecule has 26 heavy (non-hydrogen) atoms. The molecule has 0 amide bonds. The Kier molecular flexibility index (Phi) is 4.61. The quantitative estimate of drug-likeness (QED) is 0.626. The minimum Gasteiger partial charge on any atom is -0.495 e. The summed E-state index contributed by atoms with van der Waals surface area (Å²) in [6, 6.07) is 8.30. The number of halogens is 4. The Bertz CT molecular complexity index is 1080. The molecule has 2 aromatic carbocycles. The van der Waals surface area contributed by atoms with E-state index in [1.54, 1.807) is 6.07 Å². The van der Waals surface area contributed by atoms with Crippen LogP contribution in [0.4, 0.5) is 18.9 Å². The molecule has 3 rings (SSSR count). The average molecular weight is 450 g/mol. The van der Waals surface area contributed by atoms with Gasteiger partial charge < -0.3 is 9.72 Å². The fraction of sp³-hybridized carbons (Fsp3) is 0.133. The largest absolute Gasteiger partial charge is 0.495 e. The molecule has 0 aliphatic carbocycles. The molecule has 1 aromatic heterocycles. The number of aromatic amines is 1. The van der Waals surface area contributed by atoms with Crippen LogP contribution >= 0.6 is 15.9 Å². The van der Waals surface area contributed by atoms with Crippen LogP contribution in [0.25, 0.3) is 11.0 Å². The molecule has 0 saturated carbocycles. The molecule has 0 saturated heterocycles. The summed E-state index contributed by atoms with van der Waals surface area (Å²) in [5.74, 6) is -1.02. The van der Waals surface area contributed by atoms with E-state index in [4.69, 9.17) is 4.74 Å². The molecule has 0 aliphatic rings. The molecular weight excluding hydrogens is 439 g/mol. The van der Waals surface area contributed by atoms with Gasteiger partial charge in [0.05, 0.1) is 23.8 Å². The molecule has 0 aliphatic heterocycles. The first-order chi connectivity index (χ1) is 12.1. The topological polar surface area (TPSA) is 84.1 Å². The fourth-order valence-electron chi connectivity index (χ4n) is 2.28. The lowest BCUT2D eigenvalue weighted by atomic mass is 10.3. The summed E-state index contributed by atoms with van der Waals surface area (Å²) in [6.07, 6.45) is -4.62. The molecule has 0 atom stereocenters. The zero-order chi connectivity index (χ0) is 19.1. The van der Waals surface area contributed by atoms with Crippen LogP contribution in [0.5, 0.6) is 5.75 Å². The molecule has 0 radical (unpaired) electrons. The van der Waals surface area contributed by atoms with E-state index < -0.39 is 22.0 Å². The zero-order valence-corrected chi connectivity index (χ0v) is 15.5. The smallest absolute Gasteiger partial charge is 0.449 e. The van der Waals surface area contributed by atoms with Gasteiger partial charge in [-0.05, 0) is 36.4 Å². The Morgan fingerprint density at radius 1 is 1.19 bits per heavy atom. The van der Waals surface area contributed by atoms with Gasteiger partial charge in [-0.3, -0.25) is 4.72 Å². The average Bonchev–Trinajstić information content (AvgIpc) is 2.98. The Balaban J connectivity index is 1.99. The highest BCUT2D eigenvalue weighted by molar-refractivity contribution is 9.10. The second-order valence-electron chi connectivity index (χ2n) is 5.22.